The fourth-order valence-corrected chi connectivity index (χ4v) is 4.26. The van der Waals surface area contributed by atoms with Crippen LogP contribution >= 0.6 is 11.8 Å². The van der Waals surface area contributed by atoms with E-state index < -0.39 is 0 Å². The van der Waals surface area contributed by atoms with Gasteiger partial charge in [-0.1, -0.05) is 20.8 Å². The van der Waals surface area contributed by atoms with Crippen molar-refractivity contribution >= 4 is 11.8 Å². The minimum Gasteiger partial charge on any atom is -0.311 e. The highest BCUT2D eigenvalue weighted by Crippen LogP contribution is 2.38. The largest absolute Gasteiger partial charge is 0.311 e. The molecule has 0 saturated carbocycles. The van der Waals surface area contributed by atoms with E-state index in [2.05, 4.69) is 37.8 Å². The maximum Gasteiger partial charge on any atom is 0.00819 e. The lowest BCUT2D eigenvalue weighted by atomic mass is 10.1. The van der Waals surface area contributed by atoms with E-state index in [-0.39, 0.29) is 0 Å². The summed E-state index contributed by atoms with van der Waals surface area (Å²) in [5.41, 5.74) is 0. The van der Waals surface area contributed by atoms with Crippen LogP contribution in [0.15, 0.2) is 0 Å². The molecule has 1 nitrogen and oxygen atoms in total. The number of rotatable bonds is 1. The molecule has 0 aromatic carbocycles. The van der Waals surface area contributed by atoms with Crippen LogP contribution < -0.4 is 5.32 Å². The van der Waals surface area contributed by atoms with Crippen molar-refractivity contribution in [2.24, 2.45) is 0 Å². The molecule has 2 heterocycles. The van der Waals surface area contributed by atoms with E-state index in [9.17, 15) is 0 Å². The predicted octanol–water partition coefficient (Wildman–Crippen LogP) is 2.80. The molecule has 2 saturated heterocycles. The van der Waals surface area contributed by atoms with Gasteiger partial charge in [-0.3, -0.25) is 0 Å². The molecule has 2 rings (SSSR count). The van der Waals surface area contributed by atoms with Crippen LogP contribution in [0.4, 0.5) is 0 Å². The Balaban J connectivity index is 1.88. The third kappa shape index (κ3) is 2.63. The summed E-state index contributed by atoms with van der Waals surface area (Å²) in [6.07, 6.45) is 5.65. The Hall–Kier alpha value is 0.310. The van der Waals surface area contributed by atoms with Crippen LogP contribution in [0.5, 0.6) is 0 Å². The van der Waals surface area contributed by atoms with Crippen molar-refractivity contribution in [3.63, 3.8) is 0 Å². The summed E-state index contributed by atoms with van der Waals surface area (Å²) in [6.45, 7) is 7.00. The fourth-order valence-electron chi connectivity index (χ4n) is 2.60. The van der Waals surface area contributed by atoms with Gasteiger partial charge < -0.3 is 5.32 Å². The van der Waals surface area contributed by atoms with Gasteiger partial charge in [0, 0.05) is 22.1 Å². The first-order valence-electron chi connectivity index (χ1n) is 5.47. The number of piperidine rings is 1. The number of hydrogen-bond acceptors (Lipinski definition) is 2. The normalized spacial score (nSPS) is 39.5. The van der Waals surface area contributed by atoms with Crippen molar-refractivity contribution in [2.45, 2.75) is 68.5 Å². The zero-order valence-corrected chi connectivity index (χ0v) is 9.79. The maximum absolute atomic E-state index is 3.69. The average Bonchev–Trinajstić information content (AvgIpc) is 2.27. The topological polar surface area (TPSA) is 12.0 Å². The Labute approximate surface area is 86.0 Å². The van der Waals surface area contributed by atoms with Gasteiger partial charge in [-0.05, 0) is 25.7 Å². The van der Waals surface area contributed by atoms with Crippen LogP contribution in [0.25, 0.3) is 0 Å². The Morgan fingerprint density at radius 2 is 1.62 bits per heavy atom. The van der Waals surface area contributed by atoms with Crippen molar-refractivity contribution in [2.75, 3.05) is 0 Å². The molecule has 2 unspecified atom stereocenters. The van der Waals surface area contributed by atoms with Gasteiger partial charge in [-0.2, -0.15) is 11.8 Å². The Kier molecular flexibility index (Phi) is 2.63. The summed E-state index contributed by atoms with van der Waals surface area (Å²) in [5.74, 6) is 0. The van der Waals surface area contributed by atoms with E-state index in [4.69, 9.17) is 0 Å². The molecule has 0 aromatic heterocycles. The molecule has 0 aliphatic carbocycles. The molecule has 0 aromatic rings. The third-order valence-corrected chi connectivity index (χ3v) is 4.38. The molecule has 2 heteroatoms. The molecule has 0 radical (unpaired) electrons. The lowest BCUT2D eigenvalue weighted by Gasteiger charge is -2.33. The van der Waals surface area contributed by atoms with Crippen molar-refractivity contribution in [1.82, 2.24) is 5.32 Å². The fraction of sp³-hybridized carbons (Fsp3) is 1.00. The quantitative estimate of drug-likeness (QED) is 0.697. The van der Waals surface area contributed by atoms with Gasteiger partial charge >= 0.3 is 0 Å². The van der Waals surface area contributed by atoms with E-state index in [1.807, 2.05) is 0 Å². The molecule has 0 spiro atoms. The zero-order valence-electron chi connectivity index (χ0n) is 8.97. The summed E-state index contributed by atoms with van der Waals surface area (Å²) in [7, 11) is 0. The molecule has 2 atom stereocenters. The second kappa shape index (κ2) is 3.47. The standard InChI is InChI=1S/C11H21NS/c1-11(2,3)13-10-6-8-4-5-9(7-10)12-8/h8-10,12H,4-7H2,1-3H3. The molecule has 2 aliphatic heterocycles. The lowest BCUT2D eigenvalue weighted by Crippen LogP contribution is -2.40. The first-order chi connectivity index (χ1) is 6.03. The summed E-state index contributed by atoms with van der Waals surface area (Å²) in [6, 6.07) is 1.69. The van der Waals surface area contributed by atoms with Gasteiger partial charge in [-0.25, -0.2) is 0 Å². The van der Waals surface area contributed by atoms with Crippen LogP contribution in [0, 0.1) is 0 Å². The van der Waals surface area contributed by atoms with Crippen LogP contribution in [0.2, 0.25) is 0 Å². The SMILES string of the molecule is CC(C)(C)SC1CC2CCC(C1)N2. The summed E-state index contributed by atoms with van der Waals surface area (Å²) in [4.78, 5) is 0. The summed E-state index contributed by atoms with van der Waals surface area (Å²) >= 11 is 2.19. The van der Waals surface area contributed by atoms with E-state index in [0.29, 0.717) is 4.75 Å². The number of fused-ring (bicyclic) bond motifs is 2. The average molecular weight is 199 g/mol. The molecule has 2 bridgehead atoms. The lowest BCUT2D eigenvalue weighted by molar-refractivity contribution is 0.413. The maximum atomic E-state index is 3.69. The van der Waals surface area contributed by atoms with Gasteiger partial charge in [0.1, 0.15) is 0 Å². The van der Waals surface area contributed by atoms with Crippen LogP contribution in [0.1, 0.15) is 46.5 Å². The van der Waals surface area contributed by atoms with Gasteiger partial charge in [0.15, 0.2) is 0 Å². The van der Waals surface area contributed by atoms with E-state index in [0.717, 1.165) is 17.3 Å². The molecule has 13 heavy (non-hydrogen) atoms. The third-order valence-electron chi connectivity index (χ3n) is 2.95. The van der Waals surface area contributed by atoms with E-state index >= 15 is 0 Å². The highest BCUT2D eigenvalue weighted by molar-refractivity contribution is 8.01. The second-order valence-corrected chi connectivity index (χ2v) is 7.59. The first kappa shape index (κ1) is 9.85. The van der Waals surface area contributed by atoms with Gasteiger partial charge in [0.05, 0.1) is 0 Å². The molecule has 76 valence electrons. The number of nitrogens with one attached hydrogen (secondary N) is 1. The molecular formula is C11H21NS. The van der Waals surface area contributed by atoms with Crippen molar-refractivity contribution in [3.05, 3.63) is 0 Å². The smallest absolute Gasteiger partial charge is 0.00819 e. The van der Waals surface area contributed by atoms with Gasteiger partial charge in [0.25, 0.3) is 0 Å². The first-order valence-corrected chi connectivity index (χ1v) is 6.35. The number of hydrogen-bond donors (Lipinski definition) is 1. The molecule has 1 N–H and O–H groups in total. The van der Waals surface area contributed by atoms with Crippen LogP contribution in [-0.4, -0.2) is 22.1 Å². The highest BCUT2D eigenvalue weighted by Gasteiger charge is 2.35. The molecule has 0 amide bonds. The van der Waals surface area contributed by atoms with Gasteiger partial charge in [-0.15, -0.1) is 0 Å². The Morgan fingerprint density at radius 3 is 2.08 bits per heavy atom. The Morgan fingerprint density at radius 1 is 1.08 bits per heavy atom. The molecule has 2 fully saturated rings. The minimum absolute atomic E-state index is 0.446. The summed E-state index contributed by atoms with van der Waals surface area (Å²) in [5, 5.41) is 4.61. The number of thioether (sulfide) groups is 1. The van der Waals surface area contributed by atoms with Crippen LogP contribution in [-0.2, 0) is 0 Å². The molecular weight excluding hydrogens is 178 g/mol. The Bertz CT molecular complexity index is 173. The van der Waals surface area contributed by atoms with Gasteiger partial charge in [0.2, 0.25) is 0 Å². The zero-order chi connectivity index (χ0) is 9.47. The second-order valence-electron chi connectivity index (χ2n) is 5.46. The minimum atomic E-state index is 0.446. The van der Waals surface area contributed by atoms with Crippen molar-refractivity contribution in [1.29, 1.82) is 0 Å². The van der Waals surface area contributed by atoms with Crippen molar-refractivity contribution in [3.8, 4) is 0 Å². The van der Waals surface area contributed by atoms with E-state index in [1.165, 1.54) is 25.7 Å². The summed E-state index contributed by atoms with van der Waals surface area (Å²) < 4.78 is 0.446. The monoisotopic (exact) mass is 199 g/mol. The van der Waals surface area contributed by atoms with E-state index in [1.54, 1.807) is 0 Å². The van der Waals surface area contributed by atoms with Crippen LogP contribution in [0.3, 0.4) is 0 Å². The molecule has 2 aliphatic rings. The van der Waals surface area contributed by atoms with Crippen molar-refractivity contribution < 1.29 is 0 Å². The predicted molar refractivity (Wildman–Crippen MR) is 60.3 cm³/mol. The highest BCUT2D eigenvalue weighted by atomic mass is 32.2.